The van der Waals surface area contributed by atoms with Crippen LogP contribution in [-0.4, -0.2) is 29.0 Å². The van der Waals surface area contributed by atoms with Gasteiger partial charge >= 0.3 is 0 Å². The summed E-state index contributed by atoms with van der Waals surface area (Å²) in [5, 5.41) is 0. The van der Waals surface area contributed by atoms with Crippen molar-refractivity contribution in [1.82, 2.24) is 0 Å². The summed E-state index contributed by atoms with van der Waals surface area (Å²) in [6.45, 7) is 0. The number of imide groups is 1. The summed E-state index contributed by atoms with van der Waals surface area (Å²) in [7, 11) is 0. The summed E-state index contributed by atoms with van der Waals surface area (Å²) in [6.07, 6.45) is -0.899. The number of ether oxygens (including phenoxy) is 1. The number of carbonyl (C=O) groups excluding carboxylic acids is 4. The minimum atomic E-state index is -2.04. The average molecular weight is 549 g/mol. The molecule has 1 aliphatic carbocycles. The van der Waals surface area contributed by atoms with Crippen molar-refractivity contribution in [3.05, 3.63) is 99.1 Å². The zero-order valence-electron chi connectivity index (χ0n) is 17.1. The first-order chi connectivity index (χ1) is 15.9. The van der Waals surface area contributed by atoms with E-state index in [1.165, 1.54) is 0 Å². The van der Waals surface area contributed by atoms with Gasteiger partial charge in [0, 0.05) is 14.7 Å². The van der Waals surface area contributed by atoms with Crippen molar-refractivity contribution in [2.45, 2.75) is 11.7 Å². The van der Waals surface area contributed by atoms with Crippen LogP contribution in [0.3, 0.4) is 0 Å². The lowest BCUT2D eigenvalue weighted by atomic mass is 9.77. The van der Waals surface area contributed by atoms with E-state index in [-0.39, 0.29) is 11.1 Å². The standard InChI is InChI=1S/C26H16INO5/c27-15-10-12-16(13-11-15)28-24(31)19-20(25(28)32)26(33-21(19)14-6-2-1-3-7-14)22(29)17-8-4-5-9-18(17)23(26)30/h1-13,19-21H/t19-,20-,21-/m1/s1. The monoisotopic (exact) mass is 549 g/mol. The first-order valence-corrected chi connectivity index (χ1v) is 11.6. The summed E-state index contributed by atoms with van der Waals surface area (Å²) < 4.78 is 7.20. The summed E-state index contributed by atoms with van der Waals surface area (Å²) in [4.78, 5) is 55.9. The van der Waals surface area contributed by atoms with E-state index in [4.69, 9.17) is 4.74 Å². The highest BCUT2D eigenvalue weighted by molar-refractivity contribution is 14.1. The Hall–Kier alpha value is -3.17. The van der Waals surface area contributed by atoms with Crippen LogP contribution in [0.25, 0.3) is 0 Å². The molecule has 3 aromatic rings. The molecule has 0 aromatic heterocycles. The molecule has 3 aliphatic rings. The van der Waals surface area contributed by atoms with Crippen molar-refractivity contribution in [1.29, 1.82) is 0 Å². The second kappa shape index (κ2) is 7.16. The lowest BCUT2D eigenvalue weighted by Gasteiger charge is -2.27. The number of rotatable bonds is 2. The molecule has 6 nitrogen and oxygen atoms in total. The molecule has 33 heavy (non-hydrogen) atoms. The lowest BCUT2D eigenvalue weighted by molar-refractivity contribution is -0.127. The summed E-state index contributed by atoms with van der Waals surface area (Å²) >= 11 is 2.14. The highest BCUT2D eigenvalue weighted by Gasteiger charge is 2.74. The van der Waals surface area contributed by atoms with Crippen molar-refractivity contribution >= 4 is 51.7 Å². The van der Waals surface area contributed by atoms with Gasteiger partial charge in [-0.2, -0.15) is 0 Å². The van der Waals surface area contributed by atoms with Gasteiger partial charge in [0.05, 0.1) is 23.6 Å². The highest BCUT2D eigenvalue weighted by Crippen LogP contribution is 2.57. The summed E-state index contributed by atoms with van der Waals surface area (Å²) in [5.74, 6) is -4.37. The van der Waals surface area contributed by atoms with Crippen molar-refractivity contribution in [2.24, 2.45) is 11.8 Å². The van der Waals surface area contributed by atoms with E-state index >= 15 is 0 Å². The first kappa shape index (κ1) is 20.4. The van der Waals surface area contributed by atoms with Crippen LogP contribution < -0.4 is 4.90 Å². The fourth-order valence-corrected chi connectivity index (χ4v) is 5.67. The molecule has 0 bridgehead atoms. The molecule has 2 amide bonds. The van der Waals surface area contributed by atoms with Gasteiger partial charge in [0.15, 0.2) is 0 Å². The zero-order valence-corrected chi connectivity index (χ0v) is 19.3. The number of anilines is 1. The molecule has 3 atom stereocenters. The number of carbonyl (C=O) groups is 4. The summed E-state index contributed by atoms with van der Waals surface area (Å²) in [6, 6.07) is 22.4. The Morgan fingerprint density at radius 3 is 1.91 bits per heavy atom. The second-order valence-electron chi connectivity index (χ2n) is 8.38. The second-order valence-corrected chi connectivity index (χ2v) is 9.63. The van der Waals surface area contributed by atoms with Crippen LogP contribution in [-0.2, 0) is 14.3 Å². The summed E-state index contributed by atoms with van der Waals surface area (Å²) in [5.41, 5.74) is -0.533. The maximum absolute atomic E-state index is 13.8. The number of amides is 2. The Balaban J connectivity index is 1.55. The fourth-order valence-electron chi connectivity index (χ4n) is 5.31. The third kappa shape index (κ3) is 2.63. The number of benzene rings is 3. The van der Waals surface area contributed by atoms with E-state index in [0.29, 0.717) is 11.3 Å². The zero-order chi connectivity index (χ0) is 22.9. The normalized spacial score (nSPS) is 25.1. The van der Waals surface area contributed by atoms with Gasteiger partial charge < -0.3 is 4.74 Å². The molecule has 162 valence electrons. The number of nitrogens with zero attached hydrogens (tertiary/aromatic N) is 1. The molecule has 1 spiro atoms. The van der Waals surface area contributed by atoms with Gasteiger partial charge in [-0.3, -0.25) is 19.2 Å². The van der Waals surface area contributed by atoms with E-state index in [1.807, 2.05) is 6.07 Å². The molecule has 0 saturated carbocycles. The molecule has 2 fully saturated rings. The van der Waals surface area contributed by atoms with E-state index in [1.54, 1.807) is 72.8 Å². The van der Waals surface area contributed by atoms with Gasteiger partial charge in [-0.1, -0.05) is 54.6 Å². The average Bonchev–Trinajstić information content (AvgIpc) is 3.41. The maximum Gasteiger partial charge on any atom is 0.241 e. The molecule has 0 unspecified atom stereocenters. The van der Waals surface area contributed by atoms with Crippen molar-refractivity contribution in [2.75, 3.05) is 4.90 Å². The lowest BCUT2D eigenvalue weighted by Crippen LogP contribution is -2.51. The van der Waals surface area contributed by atoms with Crippen LogP contribution >= 0.6 is 22.6 Å². The van der Waals surface area contributed by atoms with Gasteiger partial charge in [0.2, 0.25) is 29.0 Å². The number of halogens is 1. The Labute approximate surface area is 202 Å². The molecule has 0 N–H and O–H groups in total. The van der Waals surface area contributed by atoms with Crippen molar-refractivity contribution < 1.29 is 23.9 Å². The van der Waals surface area contributed by atoms with E-state index in [9.17, 15) is 19.2 Å². The van der Waals surface area contributed by atoms with Crippen LogP contribution in [0.5, 0.6) is 0 Å². The number of ketones is 2. The van der Waals surface area contributed by atoms with Gasteiger partial charge in [-0.05, 0) is 52.4 Å². The number of Topliss-reactive ketones (excluding diaryl/α,β-unsaturated/α-hetero) is 2. The Kier molecular flexibility index (Phi) is 4.44. The Morgan fingerprint density at radius 1 is 0.727 bits per heavy atom. The molecule has 2 aliphatic heterocycles. The quantitative estimate of drug-likeness (QED) is 0.275. The topological polar surface area (TPSA) is 80.8 Å². The molecule has 2 saturated heterocycles. The fraction of sp³-hybridized carbons (Fsp3) is 0.154. The molecule has 0 radical (unpaired) electrons. The van der Waals surface area contributed by atoms with Crippen molar-refractivity contribution in [3.8, 4) is 0 Å². The predicted octanol–water partition coefficient (Wildman–Crippen LogP) is 3.99. The molecule has 2 heterocycles. The van der Waals surface area contributed by atoms with Crippen LogP contribution in [0.4, 0.5) is 5.69 Å². The van der Waals surface area contributed by atoms with E-state index < -0.39 is 46.9 Å². The van der Waals surface area contributed by atoms with Gasteiger partial charge in [0.25, 0.3) is 0 Å². The molecule has 3 aromatic carbocycles. The number of fused-ring (bicyclic) bond motifs is 3. The largest absolute Gasteiger partial charge is 0.349 e. The minimum Gasteiger partial charge on any atom is -0.349 e. The Bertz CT molecular complexity index is 1320. The van der Waals surface area contributed by atoms with Crippen molar-refractivity contribution in [3.63, 3.8) is 0 Å². The number of hydrogen-bond acceptors (Lipinski definition) is 5. The van der Waals surface area contributed by atoms with Gasteiger partial charge in [-0.25, -0.2) is 4.90 Å². The van der Waals surface area contributed by atoms with E-state index in [0.717, 1.165) is 8.47 Å². The van der Waals surface area contributed by atoms with Gasteiger partial charge in [-0.15, -0.1) is 0 Å². The Morgan fingerprint density at radius 2 is 1.30 bits per heavy atom. The SMILES string of the molecule is O=C1[C@H]2[C@@H](c3ccccc3)OC3(C(=O)c4ccccc4C3=O)[C@H]2C(=O)N1c1ccc(I)cc1. The predicted molar refractivity (Wildman–Crippen MR) is 127 cm³/mol. The smallest absolute Gasteiger partial charge is 0.241 e. The van der Waals surface area contributed by atoms with E-state index in [2.05, 4.69) is 22.6 Å². The third-order valence-electron chi connectivity index (χ3n) is 6.73. The van der Waals surface area contributed by atoms with Crippen LogP contribution in [0.15, 0.2) is 78.9 Å². The van der Waals surface area contributed by atoms with Crippen LogP contribution in [0.2, 0.25) is 0 Å². The minimum absolute atomic E-state index is 0.225. The molecular weight excluding hydrogens is 533 g/mol. The highest BCUT2D eigenvalue weighted by atomic mass is 127. The molecular formula is C26H16INO5. The maximum atomic E-state index is 13.8. The molecule has 7 heteroatoms. The van der Waals surface area contributed by atoms with Crippen LogP contribution in [0, 0.1) is 15.4 Å². The third-order valence-corrected chi connectivity index (χ3v) is 7.45. The van der Waals surface area contributed by atoms with Gasteiger partial charge in [0.1, 0.15) is 0 Å². The first-order valence-electron chi connectivity index (χ1n) is 10.5. The number of hydrogen-bond donors (Lipinski definition) is 0. The van der Waals surface area contributed by atoms with Crippen LogP contribution in [0.1, 0.15) is 32.4 Å². The molecule has 6 rings (SSSR count).